The molecule has 1 saturated carbocycles. The largest absolute Gasteiger partial charge is 0.374 e. The third-order valence-corrected chi connectivity index (χ3v) is 3.74. The van der Waals surface area contributed by atoms with Crippen LogP contribution < -0.4 is 5.73 Å². The summed E-state index contributed by atoms with van der Waals surface area (Å²) in [5.74, 6) is 6.13. The first-order valence-corrected chi connectivity index (χ1v) is 7.27. The van der Waals surface area contributed by atoms with Crippen LogP contribution in [0.3, 0.4) is 0 Å². The molecular formula is C17H22FNO. The van der Waals surface area contributed by atoms with Crippen molar-refractivity contribution in [1.82, 2.24) is 0 Å². The third kappa shape index (κ3) is 4.63. The second-order valence-electron chi connectivity index (χ2n) is 5.55. The highest BCUT2D eigenvalue weighted by molar-refractivity contribution is 5.37. The Morgan fingerprint density at radius 2 is 2.00 bits per heavy atom. The second-order valence-corrected chi connectivity index (χ2v) is 5.55. The van der Waals surface area contributed by atoms with Gasteiger partial charge in [-0.3, -0.25) is 0 Å². The van der Waals surface area contributed by atoms with Gasteiger partial charge in [-0.2, -0.15) is 0 Å². The van der Waals surface area contributed by atoms with Crippen molar-refractivity contribution in [2.45, 2.75) is 45.3 Å². The van der Waals surface area contributed by atoms with Gasteiger partial charge in [0.1, 0.15) is 5.82 Å². The molecule has 0 heterocycles. The lowest BCUT2D eigenvalue weighted by Crippen LogP contribution is -2.20. The summed E-state index contributed by atoms with van der Waals surface area (Å²) in [6.45, 7) is 3.02. The molecule has 0 amide bonds. The quantitative estimate of drug-likeness (QED) is 0.860. The van der Waals surface area contributed by atoms with Crippen molar-refractivity contribution in [3.63, 3.8) is 0 Å². The minimum Gasteiger partial charge on any atom is -0.374 e. The van der Waals surface area contributed by atoms with Crippen molar-refractivity contribution >= 4 is 0 Å². The van der Waals surface area contributed by atoms with Crippen LogP contribution in [0.4, 0.5) is 4.39 Å². The van der Waals surface area contributed by atoms with E-state index < -0.39 is 0 Å². The van der Waals surface area contributed by atoms with Crippen LogP contribution in [0.2, 0.25) is 0 Å². The molecule has 1 aliphatic rings. The molecule has 2 N–H and O–H groups in total. The standard InChI is InChI=1S/C17H22FNO/c1-13-4-6-17(7-5-13)20-12-15-9-14(3-2-8-19)10-16(18)11-15/h9-11,13,17H,4-8,12,19H2,1H3. The van der Waals surface area contributed by atoms with Crippen LogP contribution in [-0.4, -0.2) is 12.6 Å². The molecule has 1 aromatic rings. The van der Waals surface area contributed by atoms with Crippen LogP contribution in [0, 0.1) is 23.6 Å². The van der Waals surface area contributed by atoms with Crippen molar-refractivity contribution in [1.29, 1.82) is 0 Å². The predicted octanol–water partition coefficient (Wildman–Crippen LogP) is 3.23. The number of nitrogens with two attached hydrogens (primary N) is 1. The molecule has 1 aromatic carbocycles. The number of hydrogen-bond acceptors (Lipinski definition) is 2. The number of rotatable bonds is 3. The minimum absolute atomic E-state index is 0.273. The van der Waals surface area contributed by atoms with E-state index in [1.54, 1.807) is 0 Å². The number of benzene rings is 1. The van der Waals surface area contributed by atoms with Gasteiger partial charge in [0.05, 0.1) is 19.3 Å². The SMILES string of the molecule is CC1CCC(OCc2cc(F)cc(C#CCN)c2)CC1. The summed E-state index contributed by atoms with van der Waals surface area (Å²) in [6.07, 6.45) is 4.97. The molecule has 0 spiro atoms. The van der Waals surface area contributed by atoms with E-state index in [1.807, 2.05) is 6.07 Å². The number of hydrogen-bond donors (Lipinski definition) is 1. The van der Waals surface area contributed by atoms with Crippen LogP contribution in [-0.2, 0) is 11.3 Å². The van der Waals surface area contributed by atoms with Gasteiger partial charge in [-0.05, 0) is 55.4 Å². The summed E-state index contributed by atoms with van der Waals surface area (Å²) in [4.78, 5) is 0. The Morgan fingerprint density at radius 1 is 1.25 bits per heavy atom. The van der Waals surface area contributed by atoms with Gasteiger partial charge in [0.25, 0.3) is 0 Å². The van der Waals surface area contributed by atoms with Gasteiger partial charge in [0.2, 0.25) is 0 Å². The van der Waals surface area contributed by atoms with E-state index in [4.69, 9.17) is 10.5 Å². The Morgan fingerprint density at radius 3 is 2.70 bits per heavy atom. The zero-order chi connectivity index (χ0) is 14.4. The normalized spacial score (nSPS) is 22.1. The maximum Gasteiger partial charge on any atom is 0.124 e. The van der Waals surface area contributed by atoms with Crippen LogP contribution in [0.5, 0.6) is 0 Å². The first-order valence-electron chi connectivity index (χ1n) is 7.27. The molecule has 2 rings (SSSR count). The van der Waals surface area contributed by atoms with E-state index in [9.17, 15) is 4.39 Å². The van der Waals surface area contributed by atoms with E-state index in [2.05, 4.69) is 18.8 Å². The average Bonchev–Trinajstić information content (AvgIpc) is 2.44. The Bertz CT molecular complexity index is 495. The molecule has 108 valence electrons. The summed E-state index contributed by atoms with van der Waals surface area (Å²) >= 11 is 0. The van der Waals surface area contributed by atoms with Crippen molar-refractivity contribution in [2.75, 3.05) is 6.54 Å². The highest BCUT2D eigenvalue weighted by atomic mass is 19.1. The van der Waals surface area contributed by atoms with Gasteiger partial charge in [-0.1, -0.05) is 18.8 Å². The van der Waals surface area contributed by atoms with Gasteiger partial charge in [0, 0.05) is 5.56 Å². The third-order valence-electron chi connectivity index (χ3n) is 3.74. The Kier molecular flexibility index (Phi) is 5.58. The first-order chi connectivity index (χ1) is 9.67. The Labute approximate surface area is 120 Å². The maximum absolute atomic E-state index is 13.5. The van der Waals surface area contributed by atoms with Gasteiger partial charge < -0.3 is 10.5 Å². The molecule has 3 heteroatoms. The molecule has 0 aliphatic heterocycles. The molecule has 1 fully saturated rings. The lowest BCUT2D eigenvalue weighted by molar-refractivity contribution is 0.00867. The van der Waals surface area contributed by atoms with Crippen molar-refractivity contribution < 1.29 is 9.13 Å². The van der Waals surface area contributed by atoms with E-state index in [0.717, 1.165) is 24.3 Å². The highest BCUT2D eigenvalue weighted by Crippen LogP contribution is 2.26. The highest BCUT2D eigenvalue weighted by Gasteiger charge is 2.18. The van der Waals surface area contributed by atoms with Crippen LogP contribution >= 0.6 is 0 Å². The zero-order valence-electron chi connectivity index (χ0n) is 12.0. The van der Waals surface area contributed by atoms with E-state index in [0.29, 0.717) is 18.3 Å². The molecule has 0 aromatic heterocycles. The second kappa shape index (κ2) is 7.42. The molecule has 0 saturated heterocycles. The fraction of sp³-hybridized carbons (Fsp3) is 0.529. The minimum atomic E-state index is -0.273. The van der Waals surface area contributed by atoms with Gasteiger partial charge in [-0.25, -0.2) is 4.39 Å². The lowest BCUT2D eigenvalue weighted by atomic mass is 9.89. The molecule has 2 nitrogen and oxygen atoms in total. The summed E-state index contributed by atoms with van der Waals surface area (Å²) < 4.78 is 19.4. The number of ether oxygens (including phenoxy) is 1. The molecule has 1 aliphatic carbocycles. The average molecular weight is 275 g/mol. The van der Waals surface area contributed by atoms with E-state index >= 15 is 0 Å². The predicted molar refractivity (Wildman–Crippen MR) is 78.5 cm³/mol. The van der Waals surface area contributed by atoms with Crippen LogP contribution in [0.25, 0.3) is 0 Å². The van der Waals surface area contributed by atoms with Gasteiger partial charge in [0.15, 0.2) is 0 Å². The van der Waals surface area contributed by atoms with Crippen LogP contribution in [0.15, 0.2) is 18.2 Å². The molecule has 0 bridgehead atoms. The Balaban J connectivity index is 1.93. The summed E-state index contributed by atoms with van der Waals surface area (Å²) in [5, 5.41) is 0. The topological polar surface area (TPSA) is 35.2 Å². The molecule has 0 radical (unpaired) electrons. The van der Waals surface area contributed by atoms with E-state index in [1.165, 1.54) is 25.0 Å². The maximum atomic E-state index is 13.5. The summed E-state index contributed by atoms with van der Waals surface area (Å²) in [5.41, 5.74) is 6.82. The van der Waals surface area contributed by atoms with Gasteiger partial charge in [-0.15, -0.1) is 0 Å². The summed E-state index contributed by atoms with van der Waals surface area (Å²) in [6, 6.07) is 4.81. The fourth-order valence-corrected chi connectivity index (χ4v) is 2.57. The van der Waals surface area contributed by atoms with Crippen molar-refractivity contribution in [3.8, 4) is 11.8 Å². The summed E-state index contributed by atoms with van der Waals surface area (Å²) in [7, 11) is 0. The molecular weight excluding hydrogens is 253 g/mol. The first kappa shape index (κ1) is 15.0. The molecule has 20 heavy (non-hydrogen) atoms. The number of halogens is 1. The Hall–Kier alpha value is -1.37. The van der Waals surface area contributed by atoms with Crippen LogP contribution in [0.1, 0.15) is 43.7 Å². The fourth-order valence-electron chi connectivity index (χ4n) is 2.57. The smallest absolute Gasteiger partial charge is 0.124 e. The van der Waals surface area contributed by atoms with Gasteiger partial charge >= 0.3 is 0 Å². The zero-order valence-corrected chi connectivity index (χ0v) is 12.0. The van der Waals surface area contributed by atoms with E-state index in [-0.39, 0.29) is 12.4 Å². The van der Waals surface area contributed by atoms with Crippen molar-refractivity contribution in [3.05, 3.63) is 35.1 Å². The van der Waals surface area contributed by atoms with Crippen molar-refractivity contribution in [2.24, 2.45) is 11.7 Å². The molecule has 0 unspecified atom stereocenters. The lowest BCUT2D eigenvalue weighted by Gasteiger charge is -2.26. The monoisotopic (exact) mass is 275 g/mol. The molecule has 0 atom stereocenters.